The molecule has 1 fully saturated rings. The van der Waals surface area contributed by atoms with Crippen molar-refractivity contribution in [2.75, 3.05) is 13.2 Å². The fraction of sp³-hybridized carbons (Fsp3) is 0.235. The number of ether oxygens (including phenoxy) is 2. The highest BCUT2D eigenvalue weighted by molar-refractivity contribution is 6.09. The van der Waals surface area contributed by atoms with E-state index < -0.39 is 0 Å². The number of hydrogen-bond donors (Lipinski definition) is 0. The summed E-state index contributed by atoms with van der Waals surface area (Å²) >= 11 is 0. The Bertz CT molecular complexity index is 610. The summed E-state index contributed by atoms with van der Waals surface area (Å²) in [6.45, 7) is 3.19. The minimum Gasteiger partial charge on any atom is -0.346 e. The van der Waals surface area contributed by atoms with E-state index >= 15 is 0 Å². The molecule has 1 heterocycles. The van der Waals surface area contributed by atoms with E-state index in [1.165, 1.54) is 0 Å². The van der Waals surface area contributed by atoms with Crippen LogP contribution >= 0.6 is 0 Å². The lowest BCUT2D eigenvalue weighted by Gasteiger charge is -2.10. The van der Waals surface area contributed by atoms with Crippen molar-refractivity contribution in [1.29, 1.82) is 0 Å². The maximum atomic E-state index is 12.4. The number of ketones is 1. The molecule has 1 saturated heterocycles. The van der Waals surface area contributed by atoms with E-state index in [9.17, 15) is 4.79 Å². The molecule has 2 aromatic carbocycles. The molecular weight excluding hydrogens is 252 g/mol. The SMILES string of the molecule is Cc1ccccc1C(=O)c1ccc(C2OCCO2)cc1. The van der Waals surface area contributed by atoms with Gasteiger partial charge < -0.3 is 9.47 Å². The molecule has 0 aromatic heterocycles. The molecule has 3 rings (SSSR count). The van der Waals surface area contributed by atoms with E-state index in [1.54, 1.807) is 0 Å². The lowest BCUT2D eigenvalue weighted by molar-refractivity contribution is -0.0441. The molecular formula is C17H16O3. The van der Waals surface area contributed by atoms with Crippen molar-refractivity contribution in [2.45, 2.75) is 13.2 Å². The molecule has 0 N–H and O–H groups in total. The fourth-order valence-corrected chi connectivity index (χ4v) is 2.33. The topological polar surface area (TPSA) is 35.5 Å². The molecule has 0 unspecified atom stereocenters. The molecule has 0 saturated carbocycles. The van der Waals surface area contributed by atoms with Crippen LogP contribution in [0.3, 0.4) is 0 Å². The van der Waals surface area contributed by atoms with Gasteiger partial charge in [0.2, 0.25) is 0 Å². The molecule has 3 heteroatoms. The number of hydrogen-bond acceptors (Lipinski definition) is 3. The Morgan fingerprint density at radius 2 is 1.65 bits per heavy atom. The van der Waals surface area contributed by atoms with E-state index in [1.807, 2.05) is 55.5 Å². The predicted octanol–water partition coefficient (Wildman–Crippen LogP) is 3.27. The van der Waals surface area contributed by atoms with Gasteiger partial charge in [0.15, 0.2) is 12.1 Å². The van der Waals surface area contributed by atoms with Crippen molar-refractivity contribution in [1.82, 2.24) is 0 Å². The molecule has 102 valence electrons. The first-order chi connectivity index (χ1) is 9.75. The van der Waals surface area contributed by atoms with Gasteiger partial charge in [-0.1, -0.05) is 48.5 Å². The molecule has 0 atom stereocenters. The van der Waals surface area contributed by atoms with Crippen LogP contribution in [0, 0.1) is 6.92 Å². The van der Waals surface area contributed by atoms with Crippen molar-refractivity contribution in [3.63, 3.8) is 0 Å². The third-order valence-electron chi connectivity index (χ3n) is 3.46. The van der Waals surface area contributed by atoms with Gasteiger partial charge in [0.05, 0.1) is 13.2 Å². The van der Waals surface area contributed by atoms with Crippen LogP contribution in [-0.2, 0) is 9.47 Å². The maximum Gasteiger partial charge on any atom is 0.193 e. The largest absolute Gasteiger partial charge is 0.346 e. The van der Waals surface area contributed by atoms with Crippen molar-refractivity contribution in [3.05, 3.63) is 70.8 Å². The summed E-state index contributed by atoms with van der Waals surface area (Å²) in [6, 6.07) is 15.1. The first-order valence-electron chi connectivity index (χ1n) is 6.69. The Morgan fingerprint density at radius 1 is 1.00 bits per heavy atom. The predicted molar refractivity (Wildman–Crippen MR) is 75.7 cm³/mol. The number of carbonyl (C=O) groups is 1. The lowest BCUT2D eigenvalue weighted by Crippen LogP contribution is -2.04. The van der Waals surface area contributed by atoms with E-state index in [0.717, 1.165) is 16.7 Å². The Kier molecular flexibility index (Phi) is 3.63. The number of carbonyl (C=O) groups excluding carboxylic acids is 1. The summed E-state index contributed by atoms with van der Waals surface area (Å²) in [5.74, 6) is 0.0444. The zero-order chi connectivity index (χ0) is 13.9. The maximum absolute atomic E-state index is 12.4. The van der Waals surface area contributed by atoms with Gasteiger partial charge in [-0.2, -0.15) is 0 Å². The molecule has 0 amide bonds. The second-order valence-electron chi connectivity index (χ2n) is 4.84. The smallest absolute Gasteiger partial charge is 0.193 e. The number of benzene rings is 2. The summed E-state index contributed by atoms with van der Waals surface area (Å²) in [4.78, 5) is 12.4. The first kappa shape index (κ1) is 13.0. The lowest BCUT2D eigenvalue weighted by atomic mass is 9.98. The van der Waals surface area contributed by atoms with Gasteiger partial charge in [-0.15, -0.1) is 0 Å². The van der Waals surface area contributed by atoms with Gasteiger partial charge in [-0.3, -0.25) is 4.79 Å². The summed E-state index contributed by atoms with van der Waals surface area (Å²) in [5, 5.41) is 0. The molecule has 0 aliphatic carbocycles. The van der Waals surface area contributed by atoms with Crippen LogP contribution in [0.25, 0.3) is 0 Å². The molecule has 20 heavy (non-hydrogen) atoms. The Morgan fingerprint density at radius 3 is 2.30 bits per heavy atom. The van der Waals surface area contributed by atoms with Crippen LogP contribution in [0.15, 0.2) is 48.5 Å². The average Bonchev–Trinajstić information content (AvgIpc) is 3.01. The normalized spacial score (nSPS) is 15.4. The van der Waals surface area contributed by atoms with Crippen molar-refractivity contribution in [2.24, 2.45) is 0 Å². The molecule has 1 aliphatic rings. The van der Waals surface area contributed by atoms with Gasteiger partial charge in [-0.05, 0) is 12.5 Å². The summed E-state index contributed by atoms with van der Waals surface area (Å²) in [6.07, 6.45) is -0.294. The van der Waals surface area contributed by atoms with Crippen molar-refractivity contribution < 1.29 is 14.3 Å². The average molecular weight is 268 g/mol. The van der Waals surface area contributed by atoms with Crippen LogP contribution in [0.5, 0.6) is 0 Å². The summed E-state index contributed by atoms with van der Waals surface area (Å²) < 4.78 is 10.9. The Hall–Kier alpha value is -1.97. The second kappa shape index (κ2) is 5.57. The molecule has 2 aromatic rings. The van der Waals surface area contributed by atoms with Crippen molar-refractivity contribution in [3.8, 4) is 0 Å². The van der Waals surface area contributed by atoms with Crippen molar-refractivity contribution >= 4 is 5.78 Å². The van der Waals surface area contributed by atoms with Crippen LogP contribution in [0.4, 0.5) is 0 Å². The monoisotopic (exact) mass is 268 g/mol. The highest BCUT2D eigenvalue weighted by atomic mass is 16.7. The third-order valence-corrected chi connectivity index (χ3v) is 3.46. The standard InChI is InChI=1S/C17H16O3/c1-12-4-2-3-5-15(12)16(18)13-6-8-14(9-7-13)17-19-10-11-20-17/h2-9,17H,10-11H2,1H3. The Balaban J connectivity index is 1.84. The zero-order valence-electron chi connectivity index (χ0n) is 11.3. The fourth-order valence-electron chi connectivity index (χ4n) is 2.33. The van der Waals surface area contributed by atoms with E-state index in [2.05, 4.69) is 0 Å². The number of rotatable bonds is 3. The van der Waals surface area contributed by atoms with Gasteiger partial charge in [0.25, 0.3) is 0 Å². The van der Waals surface area contributed by atoms with Crippen LogP contribution in [0.2, 0.25) is 0 Å². The quantitative estimate of drug-likeness (QED) is 0.801. The van der Waals surface area contributed by atoms with E-state index in [0.29, 0.717) is 18.8 Å². The highest BCUT2D eigenvalue weighted by Crippen LogP contribution is 2.24. The second-order valence-corrected chi connectivity index (χ2v) is 4.84. The highest BCUT2D eigenvalue weighted by Gasteiger charge is 2.18. The number of aryl methyl sites for hydroxylation is 1. The minimum atomic E-state index is -0.294. The van der Waals surface area contributed by atoms with Crippen LogP contribution < -0.4 is 0 Å². The van der Waals surface area contributed by atoms with Crippen LogP contribution in [0.1, 0.15) is 33.3 Å². The summed E-state index contributed by atoms with van der Waals surface area (Å²) in [5.41, 5.74) is 3.36. The van der Waals surface area contributed by atoms with Gasteiger partial charge in [0.1, 0.15) is 0 Å². The molecule has 0 spiro atoms. The molecule has 0 bridgehead atoms. The molecule has 0 radical (unpaired) electrons. The van der Waals surface area contributed by atoms with Gasteiger partial charge in [0, 0.05) is 16.7 Å². The minimum absolute atomic E-state index is 0.0444. The van der Waals surface area contributed by atoms with E-state index in [-0.39, 0.29) is 12.1 Å². The Labute approximate surface area is 118 Å². The van der Waals surface area contributed by atoms with Gasteiger partial charge >= 0.3 is 0 Å². The molecule has 3 nitrogen and oxygen atoms in total. The van der Waals surface area contributed by atoms with E-state index in [4.69, 9.17) is 9.47 Å². The zero-order valence-corrected chi connectivity index (χ0v) is 11.3. The first-order valence-corrected chi connectivity index (χ1v) is 6.69. The van der Waals surface area contributed by atoms with Gasteiger partial charge in [-0.25, -0.2) is 0 Å². The molecule has 1 aliphatic heterocycles. The summed E-state index contributed by atoms with van der Waals surface area (Å²) in [7, 11) is 0. The third kappa shape index (κ3) is 2.50. The van der Waals surface area contributed by atoms with Crippen LogP contribution in [-0.4, -0.2) is 19.0 Å².